The number of nitrogens with two attached hydrogens (primary N) is 1. The molecule has 16 heavy (non-hydrogen) atoms. The first-order valence-corrected chi connectivity index (χ1v) is 6.07. The monoisotopic (exact) mass is 220 g/mol. The van der Waals surface area contributed by atoms with Crippen molar-refractivity contribution in [1.29, 1.82) is 0 Å². The van der Waals surface area contributed by atoms with Crippen LogP contribution in [0.3, 0.4) is 0 Å². The van der Waals surface area contributed by atoms with E-state index in [9.17, 15) is 0 Å². The molecule has 2 rings (SSSR count). The van der Waals surface area contributed by atoms with Crippen molar-refractivity contribution in [3.63, 3.8) is 0 Å². The molecular formula is C12H20N4. The molecule has 1 aromatic rings. The smallest absolute Gasteiger partial charge is 0.142 e. The number of rotatable bonds is 4. The van der Waals surface area contributed by atoms with Crippen molar-refractivity contribution >= 4 is 0 Å². The molecule has 0 amide bonds. The summed E-state index contributed by atoms with van der Waals surface area (Å²) >= 11 is 0. The van der Waals surface area contributed by atoms with Gasteiger partial charge in [0.2, 0.25) is 0 Å². The quantitative estimate of drug-likeness (QED) is 0.823. The number of nitrogens with zero attached hydrogens (tertiary/aromatic N) is 3. The van der Waals surface area contributed by atoms with Crippen LogP contribution < -0.4 is 5.73 Å². The highest BCUT2D eigenvalue weighted by Crippen LogP contribution is 2.19. The molecule has 0 radical (unpaired) electrons. The van der Waals surface area contributed by atoms with Gasteiger partial charge in [-0.25, -0.2) is 9.97 Å². The van der Waals surface area contributed by atoms with E-state index in [1.165, 1.54) is 19.4 Å². The largest absolute Gasteiger partial charge is 0.330 e. The van der Waals surface area contributed by atoms with Crippen molar-refractivity contribution in [2.45, 2.75) is 25.8 Å². The topological polar surface area (TPSA) is 55.0 Å². The maximum atomic E-state index is 5.61. The minimum absolute atomic E-state index is 0.766. The molecule has 2 heterocycles. The van der Waals surface area contributed by atoms with Gasteiger partial charge in [-0.3, -0.25) is 4.90 Å². The second-order valence-corrected chi connectivity index (χ2v) is 4.49. The number of hydrogen-bond acceptors (Lipinski definition) is 4. The summed E-state index contributed by atoms with van der Waals surface area (Å²) in [5.41, 5.74) is 5.61. The van der Waals surface area contributed by atoms with E-state index < -0.39 is 0 Å². The molecule has 4 nitrogen and oxygen atoms in total. The van der Waals surface area contributed by atoms with Crippen LogP contribution in [0.4, 0.5) is 0 Å². The lowest BCUT2D eigenvalue weighted by atomic mass is 9.95. The highest BCUT2D eigenvalue weighted by Gasteiger charge is 2.19. The molecule has 4 heteroatoms. The standard InChI is InChI=1S/C12H20N4/c13-5-4-11-3-1-8-16(9-11)10-12-14-6-2-7-15-12/h2,6-7,11H,1,3-5,8-10,13H2. The molecule has 88 valence electrons. The number of likely N-dealkylation sites (tertiary alicyclic amines) is 1. The maximum Gasteiger partial charge on any atom is 0.142 e. The van der Waals surface area contributed by atoms with Gasteiger partial charge in [-0.2, -0.15) is 0 Å². The van der Waals surface area contributed by atoms with Gasteiger partial charge in [-0.15, -0.1) is 0 Å². The van der Waals surface area contributed by atoms with Crippen LogP contribution in [0.2, 0.25) is 0 Å². The average molecular weight is 220 g/mol. The van der Waals surface area contributed by atoms with Gasteiger partial charge in [0.05, 0.1) is 6.54 Å². The fourth-order valence-corrected chi connectivity index (χ4v) is 2.38. The van der Waals surface area contributed by atoms with E-state index in [1.807, 2.05) is 18.5 Å². The molecule has 1 saturated heterocycles. The Bertz CT molecular complexity index is 299. The van der Waals surface area contributed by atoms with E-state index in [4.69, 9.17) is 5.73 Å². The normalized spacial score (nSPS) is 22.2. The van der Waals surface area contributed by atoms with Gasteiger partial charge >= 0.3 is 0 Å². The Morgan fingerprint density at radius 2 is 2.19 bits per heavy atom. The zero-order valence-electron chi connectivity index (χ0n) is 9.68. The van der Waals surface area contributed by atoms with Crippen molar-refractivity contribution in [3.8, 4) is 0 Å². The van der Waals surface area contributed by atoms with Gasteiger partial charge in [-0.1, -0.05) is 0 Å². The number of aromatic nitrogens is 2. The Kier molecular flexibility index (Phi) is 4.25. The van der Waals surface area contributed by atoms with Crippen LogP contribution >= 0.6 is 0 Å². The summed E-state index contributed by atoms with van der Waals surface area (Å²) in [6.07, 6.45) is 7.36. The number of piperidine rings is 1. The Labute approximate surface area is 96.9 Å². The molecule has 1 unspecified atom stereocenters. The molecule has 1 aromatic heterocycles. The van der Waals surface area contributed by atoms with Gasteiger partial charge in [-0.05, 0) is 44.3 Å². The van der Waals surface area contributed by atoms with Crippen molar-refractivity contribution in [1.82, 2.24) is 14.9 Å². The summed E-state index contributed by atoms with van der Waals surface area (Å²) in [5.74, 6) is 1.69. The average Bonchev–Trinajstić information content (AvgIpc) is 2.31. The summed E-state index contributed by atoms with van der Waals surface area (Å²) in [5, 5.41) is 0. The Hall–Kier alpha value is -1.00. The molecular weight excluding hydrogens is 200 g/mol. The third-order valence-corrected chi connectivity index (χ3v) is 3.16. The summed E-state index contributed by atoms with van der Waals surface area (Å²) < 4.78 is 0. The summed E-state index contributed by atoms with van der Waals surface area (Å²) in [6, 6.07) is 1.86. The number of hydrogen-bond donors (Lipinski definition) is 1. The molecule has 0 aliphatic carbocycles. The van der Waals surface area contributed by atoms with Gasteiger partial charge in [0.15, 0.2) is 0 Å². The van der Waals surface area contributed by atoms with Gasteiger partial charge in [0.1, 0.15) is 5.82 Å². The minimum atomic E-state index is 0.766. The van der Waals surface area contributed by atoms with E-state index in [2.05, 4.69) is 14.9 Å². The van der Waals surface area contributed by atoms with Gasteiger partial charge in [0, 0.05) is 18.9 Å². The van der Waals surface area contributed by atoms with E-state index in [0.29, 0.717) is 0 Å². The molecule has 1 fully saturated rings. The third-order valence-electron chi connectivity index (χ3n) is 3.16. The fourth-order valence-electron chi connectivity index (χ4n) is 2.38. The highest BCUT2D eigenvalue weighted by molar-refractivity contribution is 4.89. The van der Waals surface area contributed by atoms with Crippen molar-refractivity contribution in [2.75, 3.05) is 19.6 Å². The zero-order valence-corrected chi connectivity index (χ0v) is 9.68. The predicted molar refractivity (Wildman–Crippen MR) is 63.7 cm³/mol. The van der Waals surface area contributed by atoms with Crippen LogP contribution in [0.1, 0.15) is 25.1 Å². The van der Waals surface area contributed by atoms with Crippen LogP contribution in [0.5, 0.6) is 0 Å². The highest BCUT2D eigenvalue weighted by atomic mass is 15.1. The first kappa shape index (κ1) is 11.5. The lowest BCUT2D eigenvalue weighted by Gasteiger charge is -2.31. The van der Waals surface area contributed by atoms with Crippen LogP contribution in [0, 0.1) is 5.92 Å². The van der Waals surface area contributed by atoms with E-state index in [0.717, 1.165) is 37.8 Å². The molecule has 1 aliphatic heterocycles. The first-order chi connectivity index (χ1) is 7.88. The molecule has 2 N–H and O–H groups in total. The van der Waals surface area contributed by atoms with Crippen LogP contribution in [-0.2, 0) is 6.54 Å². The lowest BCUT2D eigenvalue weighted by Crippen LogP contribution is -2.36. The Balaban J connectivity index is 1.85. The van der Waals surface area contributed by atoms with Gasteiger partial charge in [0.25, 0.3) is 0 Å². The van der Waals surface area contributed by atoms with E-state index in [1.54, 1.807) is 0 Å². The van der Waals surface area contributed by atoms with Crippen molar-refractivity contribution < 1.29 is 0 Å². The summed E-state index contributed by atoms with van der Waals surface area (Å²) in [6.45, 7) is 4.00. The molecule has 0 spiro atoms. The molecule has 0 bridgehead atoms. The van der Waals surface area contributed by atoms with Crippen molar-refractivity contribution in [3.05, 3.63) is 24.3 Å². The first-order valence-electron chi connectivity index (χ1n) is 6.07. The summed E-state index contributed by atoms with van der Waals surface area (Å²) in [4.78, 5) is 11.0. The minimum Gasteiger partial charge on any atom is -0.330 e. The fraction of sp³-hybridized carbons (Fsp3) is 0.667. The van der Waals surface area contributed by atoms with Gasteiger partial charge < -0.3 is 5.73 Å². The predicted octanol–water partition coefficient (Wildman–Crippen LogP) is 1.04. The molecule has 1 atom stereocenters. The second kappa shape index (κ2) is 5.92. The molecule has 1 aliphatic rings. The zero-order chi connectivity index (χ0) is 11.2. The van der Waals surface area contributed by atoms with Crippen LogP contribution in [0.25, 0.3) is 0 Å². The lowest BCUT2D eigenvalue weighted by molar-refractivity contribution is 0.159. The van der Waals surface area contributed by atoms with Crippen LogP contribution in [0.15, 0.2) is 18.5 Å². The third kappa shape index (κ3) is 3.25. The Morgan fingerprint density at radius 1 is 1.38 bits per heavy atom. The molecule has 0 aromatic carbocycles. The Morgan fingerprint density at radius 3 is 2.94 bits per heavy atom. The van der Waals surface area contributed by atoms with E-state index in [-0.39, 0.29) is 0 Å². The second-order valence-electron chi connectivity index (χ2n) is 4.49. The van der Waals surface area contributed by atoms with E-state index >= 15 is 0 Å². The maximum absolute atomic E-state index is 5.61. The van der Waals surface area contributed by atoms with Crippen molar-refractivity contribution in [2.24, 2.45) is 11.7 Å². The summed E-state index contributed by atoms with van der Waals surface area (Å²) in [7, 11) is 0. The van der Waals surface area contributed by atoms with Crippen LogP contribution in [-0.4, -0.2) is 34.5 Å². The SMILES string of the molecule is NCCC1CCCN(Cc2ncccn2)C1. The molecule has 0 saturated carbocycles.